The first-order chi connectivity index (χ1) is 9.15. The Morgan fingerprint density at radius 2 is 1.84 bits per heavy atom. The third-order valence-corrected chi connectivity index (χ3v) is 2.47. The molecule has 0 aliphatic carbocycles. The summed E-state index contributed by atoms with van der Waals surface area (Å²) in [5, 5.41) is 0. The van der Waals surface area contributed by atoms with Gasteiger partial charge in [-0.15, -0.1) is 0 Å². The molecule has 0 saturated carbocycles. The number of aromatic nitrogens is 1. The average molecular weight is 327 g/mol. The van der Waals surface area contributed by atoms with Crippen LogP contribution < -0.4 is 0 Å². The molecular weight excluding hydrogens is 314 g/mol. The van der Waals surface area contributed by atoms with Crippen LogP contribution >= 0.6 is 15.9 Å². The Morgan fingerprint density at radius 3 is 2.42 bits per heavy atom. The fraction of sp³-hybridized carbons (Fsp3) is 0.143. The van der Waals surface area contributed by atoms with Crippen LogP contribution in [0.2, 0.25) is 0 Å². The predicted molar refractivity (Wildman–Crippen MR) is 76.9 cm³/mol. The molecule has 0 spiro atoms. The number of nitrogens with zero attached hydrogens (tertiary/aromatic N) is 2. The third kappa shape index (κ3) is 4.87. The molecule has 0 fully saturated rings. The molecule has 1 aromatic heterocycles. The monoisotopic (exact) mass is 326 g/mol. The summed E-state index contributed by atoms with van der Waals surface area (Å²) in [6.07, 6.45) is 3.04. The molecule has 0 bridgehead atoms. The number of hydrogen-bond acceptors (Lipinski definition) is 2. The number of hydrogen-bond donors (Lipinski definition) is 0. The summed E-state index contributed by atoms with van der Waals surface area (Å²) in [4.78, 5) is 8.06. The van der Waals surface area contributed by atoms with Gasteiger partial charge < -0.3 is 0 Å². The molecule has 2 rings (SSSR count). The van der Waals surface area contributed by atoms with Crippen molar-refractivity contribution in [2.75, 3.05) is 0 Å². The van der Waals surface area contributed by atoms with Gasteiger partial charge in [-0.3, -0.25) is 0 Å². The van der Waals surface area contributed by atoms with E-state index in [-0.39, 0.29) is 0 Å². The highest BCUT2D eigenvalue weighted by Crippen LogP contribution is 2.13. The van der Waals surface area contributed by atoms with Crippen molar-refractivity contribution in [2.45, 2.75) is 13.8 Å². The highest BCUT2D eigenvalue weighted by molar-refractivity contribution is 9.10. The second kappa shape index (κ2) is 7.74. The Bertz CT molecular complexity index is 554. The van der Waals surface area contributed by atoms with E-state index in [0.29, 0.717) is 11.4 Å². The maximum atomic E-state index is 12.9. The average Bonchev–Trinajstić information content (AvgIpc) is 2.44. The van der Waals surface area contributed by atoms with Gasteiger partial charge in [-0.25, -0.2) is 18.8 Å². The van der Waals surface area contributed by atoms with Crippen LogP contribution in [0.4, 0.5) is 14.6 Å². The van der Waals surface area contributed by atoms with Crippen molar-refractivity contribution >= 4 is 28.0 Å². The Kier molecular flexibility index (Phi) is 6.29. The summed E-state index contributed by atoms with van der Waals surface area (Å²) >= 11 is 3.25. The van der Waals surface area contributed by atoms with Crippen molar-refractivity contribution < 1.29 is 8.78 Å². The van der Waals surface area contributed by atoms with Gasteiger partial charge in [0.15, 0.2) is 17.5 Å². The van der Waals surface area contributed by atoms with Gasteiger partial charge >= 0.3 is 0 Å². The number of benzene rings is 1. The molecule has 0 radical (unpaired) electrons. The van der Waals surface area contributed by atoms with Gasteiger partial charge in [0.05, 0.1) is 0 Å². The van der Waals surface area contributed by atoms with Crippen LogP contribution in [0.15, 0.2) is 46.0 Å². The van der Waals surface area contributed by atoms with Crippen LogP contribution in [0, 0.1) is 11.6 Å². The predicted octanol–water partition coefficient (Wildman–Crippen LogP) is 4.90. The first-order valence-corrected chi connectivity index (χ1v) is 6.55. The molecular formula is C14H13BrF2N2. The molecule has 1 aromatic carbocycles. The summed E-state index contributed by atoms with van der Waals surface area (Å²) in [5.41, 5.74) is 0.480. The molecule has 0 atom stereocenters. The second-order valence-corrected chi connectivity index (χ2v) is 4.18. The lowest BCUT2D eigenvalue weighted by Gasteiger charge is -1.95. The molecule has 19 heavy (non-hydrogen) atoms. The van der Waals surface area contributed by atoms with Crippen LogP contribution in [0.25, 0.3) is 0 Å². The van der Waals surface area contributed by atoms with Crippen LogP contribution in [-0.2, 0) is 0 Å². The van der Waals surface area contributed by atoms with E-state index in [4.69, 9.17) is 0 Å². The maximum absolute atomic E-state index is 12.9. The smallest absolute Gasteiger partial charge is 0.159 e. The highest BCUT2D eigenvalue weighted by Gasteiger charge is 2.00. The number of rotatable bonds is 2. The number of halogens is 3. The lowest BCUT2D eigenvalue weighted by molar-refractivity contribution is 0.508. The minimum atomic E-state index is -0.891. The Labute approximate surface area is 119 Å². The first-order valence-electron chi connectivity index (χ1n) is 5.76. The topological polar surface area (TPSA) is 25.2 Å². The van der Waals surface area contributed by atoms with E-state index in [1.807, 2.05) is 13.8 Å². The fourth-order valence-corrected chi connectivity index (χ4v) is 1.41. The van der Waals surface area contributed by atoms with Crippen molar-refractivity contribution in [2.24, 2.45) is 4.99 Å². The molecule has 2 aromatic rings. The number of aliphatic imine (C=N–C) groups is 1. The van der Waals surface area contributed by atoms with Gasteiger partial charge in [0, 0.05) is 16.9 Å². The van der Waals surface area contributed by atoms with E-state index in [2.05, 4.69) is 25.9 Å². The van der Waals surface area contributed by atoms with Crippen LogP contribution in [-0.4, -0.2) is 11.2 Å². The summed E-state index contributed by atoms with van der Waals surface area (Å²) in [6, 6.07) is 7.09. The standard InChI is InChI=1S/C12H7BrF2N2.C2H6/c13-9-2-4-12(17-7-9)16-6-8-1-3-10(14)11(15)5-8;1-2/h1-7H;1-2H3. The van der Waals surface area contributed by atoms with Crippen molar-refractivity contribution in [1.82, 2.24) is 4.98 Å². The SMILES string of the molecule is CC.Fc1ccc(C=Nc2ccc(Br)cn2)cc1F. The van der Waals surface area contributed by atoms with Crippen molar-refractivity contribution in [3.8, 4) is 0 Å². The normalized spacial score (nSPS) is 10.2. The van der Waals surface area contributed by atoms with Gasteiger partial charge in [0.2, 0.25) is 0 Å². The molecule has 0 saturated heterocycles. The van der Waals surface area contributed by atoms with E-state index >= 15 is 0 Å². The zero-order chi connectivity index (χ0) is 14.3. The van der Waals surface area contributed by atoms with Gasteiger partial charge in [-0.05, 0) is 45.8 Å². The summed E-state index contributed by atoms with van der Waals surface area (Å²) in [6.45, 7) is 4.00. The van der Waals surface area contributed by atoms with Crippen LogP contribution in [0.3, 0.4) is 0 Å². The Hall–Kier alpha value is -1.62. The van der Waals surface area contributed by atoms with Gasteiger partial charge in [-0.1, -0.05) is 19.9 Å². The molecule has 0 aliphatic rings. The van der Waals surface area contributed by atoms with E-state index in [1.54, 1.807) is 18.3 Å². The summed E-state index contributed by atoms with van der Waals surface area (Å²) in [5.74, 6) is -1.26. The van der Waals surface area contributed by atoms with Gasteiger partial charge in [0.25, 0.3) is 0 Å². The molecule has 2 nitrogen and oxygen atoms in total. The summed E-state index contributed by atoms with van der Waals surface area (Å²) in [7, 11) is 0. The van der Waals surface area contributed by atoms with E-state index < -0.39 is 11.6 Å². The summed E-state index contributed by atoms with van der Waals surface area (Å²) < 4.78 is 26.4. The second-order valence-electron chi connectivity index (χ2n) is 3.27. The molecule has 100 valence electrons. The Morgan fingerprint density at radius 1 is 1.11 bits per heavy atom. The van der Waals surface area contributed by atoms with Crippen LogP contribution in [0.5, 0.6) is 0 Å². The van der Waals surface area contributed by atoms with Crippen molar-refractivity contribution in [3.63, 3.8) is 0 Å². The highest BCUT2D eigenvalue weighted by atomic mass is 79.9. The maximum Gasteiger partial charge on any atom is 0.159 e. The lowest BCUT2D eigenvalue weighted by Crippen LogP contribution is -1.87. The van der Waals surface area contributed by atoms with Crippen molar-refractivity contribution in [3.05, 3.63) is 58.2 Å². The zero-order valence-electron chi connectivity index (χ0n) is 10.6. The molecule has 0 N–H and O–H groups in total. The molecule has 0 amide bonds. The molecule has 1 heterocycles. The Balaban J connectivity index is 0.000000861. The molecule has 5 heteroatoms. The first kappa shape index (κ1) is 15.4. The van der Waals surface area contributed by atoms with Crippen LogP contribution in [0.1, 0.15) is 19.4 Å². The largest absolute Gasteiger partial charge is 0.237 e. The minimum Gasteiger partial charge on any atom is -0.237 e. The van der Waals surface area contributed by atoms with E-state index in [0.717, 1.165) is 16.6 Å². The van der Waals surface area contributed by atoms with E-state index in [1.165, 1.54) is 12.3 Å². The van der Waals surface area contributed by atoms with Gasteiger partial charge in [-0.2, -0.15) is 0 Å². The van der Waals surface area contributed by atoms with Crippen molar-refractivity contribution in [1.29, 1.82) is 0 Å². The van der Waals surface area contributed by atoms with Gasteiger partial charge in [0.1, 0.15) is 0 Å². The van der Waals surface area contributed by atoms with E-state index in [9.17, 15) is 8.78 Å². The molecule has 0 aliphatic heterocycles. The lowest BCUT2D eigenvalue weighted by atomic mass is 10.2. The molecule has 0 unspecified atom stereocenters. The third-order valence-electron chi connectivity index (χ3n) is 2.00. The fourth-order valence-electron chi connectivity index (χ4n) is 1.18. The zero-order valence-corrected chi connectivity index (χ0v) is 12.2. The minimum absolute atomic E-state index is 0.480. The number of pyridine rings is 1. The quantitative estimate of drug-likeness (QED) is 0.720.